The van der Waals surface area contributed by atoms with Crippen molar-refractivity contribution in [2.24, 2.45) is 0 Å². The summed E-state index contributed by atoms with van der Waals surface area (Å²) in [5, 5.41) is 17.3. The highest BCUT2D eigenvalue weighted by molar-refractivity contribution is 8.03. The number of carbonyl (C=O) groups is 1. The van der Waals surface area contributed by atoms with Crippen LogP contribution in [0.5, 0.6) is 0 Å². The first-order valence-electron chi connectivity index (χ1n) is 5.28. The van der Waals surface area contributed by atoms with Gasteiger partial charge in [0.25, 0.3) is 0 Å². The number of aromatic nitrogens is 3. The third kappa shape index (κ3) is 3.26. The Hall–Kier alpha value is -1.12. The van der Waals surface area contributed by atoms with Gasteiger partial charge in [-0.05, 0) is 26.2 Å². The highest BCUT2D eigenvalue weighted by Crippen LogP contribution is 2.35. The second-order valence-electron chi connectivity index (χ2n) is 3.67. The van der Waals surface area contributed by atoms with E-state index in [0.717, 1.165) is 14.4 Å². The van der Waals surface area contributed by atoms with Gasteiger partial charge in [0, 0.05) is 10.6 Å². The lowest BCUT2D eigenvalue weighted by Crippen LogP contribution is -2.05. The summed E-state index contributed by atoms with van der Waals surface area (Å²) in [6.07, 6.45) is 1.93. The summed E-state index contributed by atoms with van der Waals surface area (Å²) in [5.74, 6) is -0.970. The van der Waals surface area contributed by atoms with Gasteiger partial charge >= 0.3 is 5.97 Å². The van der Waals surface area contributed by atoms with E-state index in [-0.39, 0.29) is 5.56 Å². The van der Waals surface area contributed by atoms with E-state index in [4.69, 9.17) is 0 Å². The molecular formula is C11H11N3O2S3. The van der Waals surface area contributed by atoms with Crippen molar-refractivity contribution < 1.29 is 9.90 Å². The van der Waals surface area contributed by atoms with Gasteiger partial charge in [-0.1, -0.05) is 34.9 Å². The van der Waals surface area contributed by atoms with E-state index < -0.39 is 5.97 Å². The van der Waals surface area contributed by atoms with Crippen LogP contribution in [-0.4, -0.2) is 32.5 Å². The van der Waals surface area contributed by atoms with Crippen LogP contribution in [0.15, 0.2) is 19.6 Å². The average Bonchev–Trinajstić information content (AvgIpc) is 2.75. The highest BCUT2D eigenvalue weighted by atomic mass is 32.2. The van der Waals surface area contributed by atoms with Crippen molar-refractivity contribution in [1.29, 1.82) is 0 Å². The van der Waals surface area contributed by atoms with Gasteiger partial charge in [0.05, 0.1) is 11.3 Å². The minimum Gasteiger partial charge on any atom is -0.478 e. The van der Waals surface area contributed by atoms with Gasteiger partial charge in [0.2, 0.25) is 0 Å². The average molecular weight is 313 g/mol. The fraction of sp³-hybridized carbons (Fsp3) is 0.273. The van der Waals surface area contributed by atoms with Gasteiger partial charge in [0.1, 0.15) is 0 Å². The minimum absolute atomic E-state index is 0.233. The van der Waals surface area contributed by atoms with Crippen molar-refractivity contribution in [3.05, 3.63) is 23.0 Å². The Kier molecular flexibility index (Phi) is 4.43. The number of aryl methyl sites for hydroxylation is 2. The second kappa shape index (κ2) is 5.89. The third-order valence-electron chi connectivity index (χ3n) is 2.27. The van der Waals surface area contributed by atoms with Crippen LogP contribution < -0.4 is 0 Å². The van der Waals surface area contributed by atoms with Crippen molar-refractivity contribution in [1.82, 2.24) is 15.2 Å². The standard InChI is InChI=1S/C11H11N3O2S3/c1-5-4-7(8(9(15)16)6(2)12-5)18-11-14-13-10(17-3)19-11/h4H,1-3H3,(H,15,16). The lowest BCUT2D eigenvalue weighted by molar-refractivity contribution is 0.0691. The molecule has 0 radical (unpaired) electrons. The summed E-state index contributed by atoms with van der Waals surface area (Å²) in [5.41, 5.74) is 1.54. The smallest absolute Gasteiger partial charge is 0.338 e. The number of rotatable bonds is 4. The molecule has 0 aromatic carbocycles. The van der Waals surface area contributed by atoms with Crippen LogP contribution in [0.1, 0.15) is 21.7 Å². The van der Waals surface area contributed by atoms with Gasteiger partial charge in [-0.25, -0.2) is 4.79 Å². The van der Waals surface area contributed by atoms with Gasteiger partial charge < -0.3 is 5.11 Å². The zero-order valence-electron chi connectivity index (χ0n) is 10.5. The molecule has 1 N–H and O–H groups in total. The first-order chi connectivity index (χ1) is 9.01. The van der Waals surface area contributed by atoms with Crippen LogP contribution >= 0.6 is 34.9 Å². The number of nitrogens with zero attached hydrogens (tertiary/aromatic N) is 3. The van der Waals surface area contributed by atoms with Gasteiger partial charge in [-0.3, -0.25) is 4.98 Å². The molecule has 0 spiro atoms. The van der Waals surface area contributed by atoms with Crippen LogP contribution in [0.3, 0.4) is 0 Å². The summed E-state index contributed by atoms with van der Waals surface area (Å²) < 4.78 is 1.60. The quantitative estimate of drug-likeness (QED) is 0.869. The van der Waals surface area contributed by atoms with Crippen LogP contribution in [0.25, 0.3) is 0 Å². The van der Waals surface area contributed by atoms with E-state index in [0.29, 0.717) is 10.6 Å². The lowest BCUT2D eigenvalue weighted by Gasteiger charge is -2.07. The van der Waals surface area contributed by atoms with E-state index in [2.05, 4.69) is 15.2 Å². The molecular weight excluding hydrogens is 302 g/mol. The molecule has 2 aromatic heterocycles. The molecule has 100 valence electrons. The number of carboxylic acids is 1. The largest absolute Gasteiger partial charge is 0.478 e. The molecule has 5 nitrogen and oxygen atoms in total. The van der Waals surface area contributed by atoms with E-state index in [1.165, 1.54) is 34.9 Å². The Labute approximate surface area is 122 Å². The molecule has 0 atom stereocenters. The first kappa shape index (κ1) is 14.3. The molecule has 0 amide bonds. The van der Waals surface area contributed by atoms with E-state index in [9.17, 15) is 9.90 Å². The van der Waals surface area contributed by atoms with E-state index >= 15 is 0 Å². The van der Waals surface area contributed by atoms with E-state index in [1.807, 2.05) is 13.2 Å². The Balaban J connectivity index is 2.40. The predicted octanol–water partition coefficient (Wildman–Crippen LogP) is 3.12. The zero-order valence-corrected chi connectivity index (χ0v) is 12.9. The second-order valence-corrected chi connectivity index (χ2v) is 6.99. The highest BCUT2D eigenvalue weighted by Gasteiger charge is 2.17. The Morgan fingerprint density at radius 1 is 1.32 bits per heavy atom. The van der Waals surface area contributed by atoms with Crippen molar-refractivity contribution in [3.8, 4) is 0 Å². The summed E-state index contributed by atoms with van der Waals surface area (Å²) >= 11 is 4.29. The molecule has 0 aliphatic carbocycles. The molecule has 0 aliphatic rings. The maximum atomic E-state index is 11.3. The van der Waals surface area contributed by atoms with Gasteiger partial charge in [-0.15, -0.1) is 10.2 Å². The van der Waals surface area contributed by atoms with Crippen molar-refractivity contribution in [3.63, 3.8) is 0 Å². The number of pyridine rings is 1. The molecule has 0 bridgehead atoms. The third-order valence-corrected chi connectivity index (χ3v) is 5.26. The van der Waals surface area contributed by atoms with Gasteiger partial charge in [-0.2, -0.15) is 0 Å². The molecule has 8 heteroatoms. The SMILES string of the molecule is CSc1nnc(Sc2cc(C)nc(C)c2C(=O)O)s1. The summed E-state index contributed by atoms with van der Waals surface area (Å²) in [4.78, 5) is 16.2. The number of hydrogen-bond acceptors (Lipinski definition) is 7. The zero-order chi connectivity index (χ0) is 14.0. The number of hydrogen-bond donors (Lipinski definition) is 1. The number of aromatic carboxylic acids is 1. The van der Waals surface area contributed by atoms with Crippen LogP contribution in [-0.2, 0) is 0 Å². The summed E-state index contributed by atoms with van der Waals surface area (Å²) in [7, 11) is 0. The number of carboxylic acid groups (broad SMARTS) is 1. The van der Waals surface area contributed by atoms with Crippen molar-refractivity contribution >= 4 is 40.8 Å². The minimum atomic E-state index is -0.970. The molecule has 2 heterocycles. The maximum Gasteiger partial charge on any atom is 0.338 e. The molecule has 19 heavy (non-hydrogen) atoms. The number of thioether (sulfide) groups is 1. The normalized spacial score (nSPS) is 10.7. The Morgan fingerprint density at radius 3 is 2.58 bits per heavy atom. The summed E-state index contributed by atoms with van der Waals surface area (Å²) in [6, 6.07) is 1.77. The molecule has 2 aromatic rings. The predicted molar refractivity (Wildman–Crippen MR) is 76.5 cm³/mol. The topological polar surface area (TPSA) is 76.0 Å². The monoisotopic (exact) mass is 313 g/mol. The van der Waals surface area contributed by atoms with Crippen molar-refractivity contribution in [2.75, 3.05) is 6.26 Å². The Bertz CT molecular complexity index is 628. The first-order valence-corrected chi connectivity index (χ1v) is 8.14. The molecule has 0 saturated carbocycles. The lowest BCUT2D eigenvalue weighted by atomic mass is 10.2. The summed E-state index contributed by atoms with van der Waals surface area (Å²) in [6.45, 7) is 3.55. The van der Waals surface area contributed by atoms with Crippen molar-refractivity contribution in [2.45, 2.75) is 27.4 Å². The fourth-order valence-electron chi connectivity index (χ4n) is 1.55. The maximum absolute atomic E-state index is 11.3. The molecule has 0 aliphatic heterocycles. The van der Waals surface area contributed by atoms with E-state index in [1.54, 1.807) is 13.0 Å². The fourth-order valence-corrected chi connectivity index (χ4v) is 4.22. The molecule has 0 saturated heterocycles. The molecule has 2 rings (SSSR count). The van der Waals surface area contributed by atoms with Crippen LogP contribution in [0, 0.1) is 13.8 Å². The molecule has 0 unspecified atom stereocenters. The van der Waals surface area contributed by atoms with Crippen LogP contribution in [0.4, 0.5) is 0 Å². The Morgan fingerprint density at radius 2 is 2.00 bits per heavy atom. The van der Waals surface area contributed by atoms with Crippen LogP contribution in [0.2, 0.25) is 0 Å². The molecule has 0 fully saturated rings. The van der Waals surface area contributed by atoms with Gasteiger partial charge in [0.15, 0.2) is 8.68 Å².